The van der Waals surface area contributed by atoms with Crippen LogP contribution in [-0.2, 0) is 16.1 Å². The van der Waals surface area contributed by atoms with Gasteiger partial charge < -0.3 is 15.4 Å². The van der Waals surface area contributed by atoms with Crippen LogP contribution in [0.15, 0.2) is 58.1 Å². The lowest BCUT2D eigenvalue weighted by Gasteiger charge is -2.26. The number of hydrogen-bond donors (Lipinski definition) is 2. The zero-order chi connectivity index (χ0) is 25.7. The average Bonchev–Trinajstić information content (AvgIpc) is 2.79. The zero-order valence-corrected chi connectivity index (χ0v) is 19.1. The molecule has 0 saturated heterocycles. The molecule has 184 valence electrons. The summed E-state index contributed by atoms with van der Waals surface area (Å²) < 4.78 is 33.7. The van der Waals surface area contributed by atoms with Crippen molar-refractivity contribution in [3.63, 3.8) is 0 Å². The second-order valence-corrected chi connectivity index (χ2v) is 8.14. The number of amides is 1. The van der Waals surface area contributed by atoms with E-state index in [2.05, 4.69) is 4.98 Å². The molecule has 0 spiro atoms. The number of nitrogen functional groups attached to an aromatic ring is 1. The van der Waals surface area contributed by atoms with Gasteiger partial charge >= 0.3 is 11.7 Å². The number of hydrogen-bond acceptors (Lipinski definition) is 6. The summed E-state index contributed by atoms with van der Waals surface area (Å²) in [5.74, 6) is -4.96. The van der Waals surface area contributed by atoms with Gasteiger partial charge in [0.15, 0.2) is 12.3 Å². The summed E-state index contributed by atoms with van der Waals surface area (Å²) >= 11 is 0. The molecular weight excluding hydrogens is 462 g/mol. The van der Waals surface area contributed by atoms with Gasteiger partial charge in [-0.05, 0) is 23.6 Å². The predicted molar refractivity (Wildman–Crippen MR) is 125 cm³/mol. The Kier molecular flexibility index (Phi) is 7.80. The Morgan fingerprint density at radius 2 is 1.69 bits per heavy atom. The molecule has 35 heavy (non-hydrogen) atoms. The van der Waals surface area contributed by atoms with Crippen molar-refractivity contribution in [1.82, 2.24) is 9.55 Å². The topological polar surface area (TPSA) is 127 Å². The van der Waals surface area contributed by atoms with Crippen LogP contribution in [0, 0.1) is 17.6 Å². The maximum absolute atomic E-state index is 13.9. The minimum absolute atomic E-state index is 0.0126. The van der Waals surface area contributed by atoms with Crippen LogP contribution in [-0.4, -0.2) is 34.6 Å². The Morgan fingerprint density at radius 3 is 2.29 bits per heavy atom. The second-order valence-electron chi connectivity index (χ2n) is 8.14. The van der Waals surface area contributed by atoms with Crippen molar-refractivity contribution >= 4 is 23.4 Å². The molecule has 0 radical (unpaired) electrons. The number of nitrogens with two attached hydrogens (primary N) is 1. The molecular formula is C24H24F2N4O5. The molecule has 0 aliphatic carbocycles. The molecule has 0 atom stereocenters. The van der Waals surface area contributed by atoms with Crippen molar-refractivity contribution in [2.24, 2.45) is 5.92 Å². The summed E-state index contributed by atoms with van der Waals surface area (Å²) in [5, 5.41) is 0. The van der Waals surface area contributed by atoms with E-state index in [1.165, 1.54) is 0 Å². The van der Waals surface area contributed by atoms with Crippen molar-refractivity contribution in [2.45, 2.75) is 20.4 Å². The van der Waals surface area contributed by atoms with Crippen molar-refractivity contribution in [3.05, 3.63) is 92.1 Å². The van der Waals surface area contributed by atoms with Gasteiger partial charge in [-0.2, -0.15) is 0 Å². The molecule has 9 nitrogen and oxygen atoms in total. The maximum atomic E-state index is 13.9. The molecule has 3 aromatic rings. The van der Waals surface area contributed by atoms with Crippen molar-refractivity contribution in [1.29, 1.82) is 0 Å². The molecule has 1 aromatic heterocycles. The highest BCUT2D eigenvalue weighted by molar-refractivity contribution is 5.98. The highest BCUT2D eigenvalue weighted by atomic mass is 19.1. The van der Waals surface area contributed by atoms with Gasteiger partial charge in [-0.15, -0.1) is 0 Å². The third kappa shape index (κ3) is 5.81. The van der Waals surface area contributed by atoms with Gasteiger partial charge in [0.25, 0.3) is 11.5 Å². The number of ether oxygens (including phenoxy) is 1. The summed E-state index contributed by atoms with van der Waals surface area (Å²) in [6.07, 6.45) is 0. The fourth-order valence-electron chi connectivity index (χ4n) is 3.41. The van der Waals surface area contributed by atoms with Crippen LogP contribution in [0.25, 0.3) is 0 Å². The van der Waals surface area contributed by atoms with E-state index in [-0.39, 0.29) is 30.5 Å². The first kappa shape index (κ1) is 25.3. The lowest BCUT2D eigenvalue weighted by molar-refractivity contribution is -0.121. The van der Waals surface area contributed by atoms with Crippen LogP contribution in [0.5, 0.6) is 0 Å². The van der Waals surface area contributed by atoms with Crippen LogP contribution < -0.4 is 21.9 Å². The van der Waals surface area contributed by atoms with E-state index < -0.39 is 46.9 Å². The van der Waals surface area contributed by atoms with E-state index in [0.717, 1.165) is 33.2 Å². The standard InChI is InChI=1S/C24H24F2N4O5/c1-14(2)11-29(18(31)13-35-23(33)19-16(25)9-6-10-17(19)26)20-21(27)30(24(34)28-22(20)32)12-15-7-4-3-5-8-15/h3-10,14H,11-13,27H2,1-2H3,(H,28,32,34). The number of benzene rings is 2. The highest BCUT2D eigenvalue weighted by Crippen LogP contribution is 2.20. The number of esters is 1. The Balaban J connectivity index is 1.93. The molecule has 3 N–H and O–H groups in total. The van der Waals surface area contributed by atoms with E-state index in [9.17, 15) is 28.0 Å². The van der Waals surface area contributed by atoms with Crippen LogP contribution in [0.1, 0.15) is 29.8 Å². The molecule has 1 heterocycles. The summed E-state index contributed by atoms with van der Waals surface area (Å²) in [6.45, 7) is 2.63. The van der Waals surface area contributed by atoms with Gasteiger partial charge in [0.05, 0.1) is 6.54 Å². The van der Waals surface area contributed by atoms with Crippen molar-refractivity contribution < 1.29 is 23.1 Å². The Morgan fingerprint density at radius 1 is 1.06 bits per heavy atom. The number of aromatic nitrogens is 2. The summed E-state index contributed by atoms with van der Waals surface area (Å²) in [6, 6.07) is 11.7. The third-order valence-electron chi connectivity index (χ3n) is 5.01. The van der Waals surface area contributed by atoms with Crippen molar-refractivity contribution in [2.75, 3.05) is 23.8 Å². The first-order chi connectivity index (χ1) is 16.6. The number of rotatable bonds is 8. The van der Waals surface area contributed by atoms with E-state index in [0.29, 0.717) is 0 Å². The third-order valence-corrected chi connectivity index (χ3v) is 5.01. The molecule has 0 saturated carbocycles. The molecule has 1 amide bonds. The number of H-pyrrole nitrogens is 1. The van der Waals surface area contributed by atoms with Gasteiger partial charge in [-0.3, -0.25) is 19.1 Å². The van der Waals surface area contributed by atoms with Crippen molar-refractivity contribution in [3.8, 4) is 0 Å². The predicted octanol–water partition coefficient (Wildman–Crippen LogP) is 2.29. The molecule has 0 bridgehead atoms. The molecule has 0 aliphatic rings. The van der Waals surface area contributed by atoms with E-state index in [1.807, 2.05) is 0 Å². The highest BCUT2D eigenvalue weighted by Gasteiger charge is 2.27. The van der Waals surface area contributed by atoms with Crippen LogP contribution in [0.3, 0.4) is 0 Å². The quantitative estimate of drug-likeness (QED) is 0.471. The summed E-state index contributed by atoms with van der Waals surface area (Å²) in [5.41, 5.74) is 3.99. The lowest BCUT2D eigenvalue weighted by atomic mass is 10.2. The second kappa shape index (κ2) is 10.8. The number of aromatic amines is 1. The minimum atomic E-state index is -1.38. The van der Waals surface area contributed by atoms with Gasteiger partial charge in [0.1, 0.15) is 23.0 Å². The minimum Gasteiger partial charge on any atom is -0.452 e. The molecule has 0 fully saturated rings. The van der Waals surface area contributed by atoms with Gasteiger partial charge in [0.2, 0.25) is 0 Å². The van der Waals surface area contributed by atoms with Gasteiger partial charge in [-0.1, -0.05) is 50.2 Å². The van der Waals surface area contributed by atoms with Gasteiger partial charge in [0, 0.05) is 6.54 Å². The molecule has 11 heteroatoms. The van der Waals surface area contributed by atoms with Crippen LogP contribution in [0.2, 0.25) is 0 Å². The number of nitrogens with zero attached hydrogens (tertiary/aromatic N) is 2. The number of anilines is 2. The van der Waals surface area contributed by atoms with E-state index in [1.54, 1.807) is 44.2 Å². The molecule has 0 aliphatic heterocycles. The first-order valence-electron chi connectivity index (χ1n) is 10.7. The zero-order valence-electron chi connectivity index (χ0n) is 19.1. The maximum Gasteiger partial charge on any atom is 0.344 e. The monoisotopic (exact) mass is 486 g/mol. The normalized spacial score (nSPS) is 10.9. The van der Waals surface area contributed by atoms with Crippen LogP contribution in [0.4, 0.5) is 20.3 Å². The Hall–Kier alpha value is -4.28. The Labute approximate surface area is 198 Å². The number of halogens is 2. The summed E-state index contributed by atoms with van der Waals surface area (Å²) in [4.78, 5) is 53.5. The number of nitrogens with one attached hydrogen (secondary N) is 1. The SMILES string of the molecule is CC(C)CN(C(=O)COC(=O)c1c(F)cccc1F)c1c(N)n(Cc2ccccc2)c(=O)[nH]c1=O. The molecule has 2 aromatic carbocycles. The Bertz CT molecular complexity index is 1330. The molecule has 0 unspecified atom stereocenters. The van der Waals surface area contributed by atoms with E-state index in [4.69, 9.17) is 10.5 Å². The fraction of sp³-hybridized carbons (Fsp3) is 0.250. The van der Waals surface area contributed by atoms with Gasteiger partial charge in [-0.25, -0.2) is 18.4 Å². The lowest BCUT2D eigenvalue weighted by Crippen LogP contribution is -2.44. The average molecular weight is 486 g/mol. The fourth-order valence-corrected chi connectivity index (χ4v) is 3.41. The smallest absolute Gasteiger partial charge is 0.344 e. The number of carbonyl (C=O) groups excluding carboxylic acids is 2. The molecule has 3 rings (SSSR count). The number of carbonyl (C=O) groups is 2. The van der Waals surface area contributed by atoms with E-state index >= 15 is 0 Å². The first-order valence-corrected chi connectivity index (χ1v) is 10.7. The largest absolute Gasteiger partial charge is 0.452 e. The van der Waals surface area contributed by atoms with Crippen LogP contribution >= 0.6 is 0 Å². The summed E-state index contributed by atoms with van der Waals surface area (Å²) in [7, 11) is 0.